The molecule has 5 heteroatoms. The molecule has 4 rings (SSSR count). The molecule has 104 valence electrons. The Kier molecular flexibility index (Phi) is 2.40. The number of rotatable bonds is 4. The highest BCUT2D eigenvalue weighted by Gasteiger charge is 2.54. The van der Waals surface area contributed by atoms with Gasteiger partial charge in [0.25, 0.3) is 0 Å². The van der Waals surface area contributed by atoms with E-state index in [0.717, 1.165) is 35.1 Å². The van der Waals surface area contributed by atoms with Crippen LogP contribution in [0.1, 0.15) is 31.2 Å². The van der Waals surface area contributed by atoms with Crippen molar-refractivity contribution < 1.29 is 0 Å². The van der Waals surface area contributed by atoms with Gasteiger partial charge in [-0.05, 0) is 66.0 Å². The highest BCUT2D eigenvalue weighted by Crippen LogP contribution is 2.62. The van der Waals surface area contributed by atoms with Gasteiger partial charge in [0, 0.05) is 11.3 Å². The molecule has 2 aliphatic carbocycles. The van der Waals surface area contributed by atoms with E-state index in [1.165, 1.54) is 25.7 Å². The summed E-state index contributed by atoms with van der Waals surface area (Å²) in [6.45, 7) is 2.96. The van der Waals surface area contributed by atoms with E-state index < -0.39 is 0 Å². The van der Waals surface area contributed by atoms with Gasteiger partial charge >= 0.3 is 0 Å². The highest BCUT2D eigenvalue weighted by atomic mass is 15.5. The lowest BCUT2D eigenvalue weighted by molar-refractivity contribution is 0.348. The number of nitrogens with two attached hydrogens (primary N) is 1. The molecule has 0 unspecified atom stereocenters. The van der Waals surface area contributed by atoms with Crippen molar-refractivity contribution in [3.05, 3.63) is 23.8 Å². The molecule has 2 fully saturated rings. The maximum absolute atomic E-state index is 6.00. The van der Waals surface area contributed by atoms with E-state index in [2.05, 4.69) is 15.5 Å². The lowest BCUT2D eigenvalue weighted by atomic mass is 10.0. The number of nitrogen functional groups attached to an aromatic ring is 1. The fraction of sp³-hybridized carbons (Fsp3) is 0.533. The van der Waals surface area contributed by atoms with Crippen LogP contribution in [0.25, 0.3) is 11.4 Å². The molecule has 5 nitrogen and oxygen atoms in total. The van der Waals surface area contributed by atoms with Gasteiger partial charge in [0.15, 0.2) is 5.82 Å². The predicted octanol–water partition coefficient (Wildman–Crippen LogP) is 2.42. The Hall–Kier alpha value is -1.91. The van der Waals surface area contributed by atoms with Gasteiger partial charge in [0.2, 0.25) is 0 Å². The minimum absolute atomic E-state index is 0.486. The quantitative estimate of drug-likeness (QED) is 0.865. The molecule has 0 bridgehead atoms. The Morgan fingerprint density at radius 3 is 2.80 bits per heavy atom. The van der Waals surface area contributed by atoms with Gasteiger partial charge in [-0.15, -0.1) is 5.10 Å². The lowest BCUT2D eigenvalue weighted by Gasteiger charge is -2.14. The first-order valence-corrected chi connectivity index (χ1v) is 7.31. The second kappa shape index (κ2) is 4.04. The summed E-state index contributed by atoms with van der Waals surface area (Å²) in [6, 6.07) is 6.04. The largest absolute Gasteiger partial charge is 0.398 e. The normalized spacial score (nSPS) is 20.1. The summed E-state index contributed by atoms with van der Waals surface area (Å²) in [5.74, 6) is 1.74. The van der Waals surface area contributed by atoms with E-state index in [0.29, 0.717) is 5.41 Å². The van der Waals surface area contributed by atoms with Gasteiger partial charge in [-0.2, -0.15) is 0 Å². The number of anilines is 1. The number of benzene rings is 1. The third-order valence-corrected chi connectivity index (χ3v) is 4.87. The molecule has 0 saturated heterocycles. The van der Waals surface area contributed by atoms with Crippen LogP contribution in [0.4, 0.5) is 5.69 Å². The van der Waals surface area contributed by atoms with E-state index in [1.54, 1.807) is 0 Å². The van der Waals surface area contributed by atoms with E-state index in [-0.39, 0.29) is 0 Å². The van der Waals surface area contributed by atoms with Crippen molar-refractivity contribution in [2.75, 3.05) is 5.73 Å². The molecule has 2 aromatic rings. The average Bonchev–Trinajstić information content (AvgIpc) is 3.32. The molecule has 0 amide bonds. The van der Waals surface area contributed by atoms with Gasteiger partial charge in [-0.1, -0.05) is 12.1 Å². The molecule has 0 aliphatic heterocycles. The van der Waals surface area contributed by atoms with E-state index in [4.69, 9.17) is 5.73 Å². The maximum Gasteiger partial charge on any atom is 0.182 e. The van der Waals surface area contributed by atoms with Crippen molar-refractivity contribution >= 4 is 5.69 Å². The number of nitrogens with zero attached hydrogens (tertiary/aromatic N) is 4. The second-order valence-electron chi connectivity index (χ2n) is 6.37. The van der Waals surface area contributed by atoms with Crippen molar-refractivity contribution in [1.82, 2.24) is 20.2 Å². The number of aromatic nitrogens is 4. The third kappa shape index (κ3) is 1.88. The van der Waals surface area contributed by atoms with E-state index in [1.807, 2.05) is 29.8 Å². The molecule has 1 aromatic carbocycles. The molecule has 0 atom stereocenters. The fourth-order valence-electron chi connectivity index (χ4n) is 3.15. The van der Waals surface area contributed by atoms with E-state index in [9.17, 15) is 0 Å². The summed E-state index contributed by atoms with van der Waals surface area (Å²) in [5.41, 5.74) is 9.37. The predicted molar refractivity (Wildman–Crippen MR) is 76.8 cm³/mol. The Labute approximate surface area is 118 Å². The smallest absolute Gasteiger partial charge is 0.182 e. The zero-order valence-corrected chi connectivity index (χ0v) is 11.7. The zero-order valence-electron chi connectivity index (χ0n) is 11.7. The minimum Gasteiger partial charge on any atom is -0.398 e. The van der Waals surface area contributed by atoms with Crippen molar-refractivity contribution in [3.8, 4) is 11.4 Å². The summed E-state index contributed by atoms with van der Waals surface area (Å²) in [6.07, 6.45) is 5.42. The van der Waals surface area contributed by atoms with Crippen LogP contribution >= 0.6 is 0 Å². The van der Waals surface area contributed by atoms with Gasteiger partial charge in [-0.25, -0.2) is 4.68 Å². The average molecular weight is 269 g/mol. The fourth-order valence-corrected chi connectivity index (χ4v) is 3.15. The molecular weight excluding hydrogens is 250 g/mol. The Balaban J connectivity index is 1.66. The first-order chi connectivity index (χ1) is 9.68. The second-order valence-corrected chi connectivity index (χ2v) is 6.37. The van der Waals surface area contributed by atoms with Gasteiger partial charge in [0.1, 0.15) is 0 Å². The summed E-state index contributed by atoms with van der Waals surface area (Å²) >= 11 is 0. The van der Waals surface area contributed by atoms with Crippen LogP contribution in [0.2, 0.25) is 0 Å². The van der Waals surface area contributed by atoms with E-state index >= 15 is 0 Å². The lowest BCUT2D eigenvalue weighted by Crippen LogP contribution is -2.16. The Bertz CT molecular complexity index is 652. The van der Waals surface area contributed by atoms with Crippen LogP contribution in [0, 0.1) is 18.3 Å². The summed E-state index contributed by atoms with van der Waals surface area (Å²) in [5, 5.41) is 12.3. The van der Waals surface area contributed by atoms with Crippen LogP contribution in [0.15, 0.2) is 18.2 Å². The molecule has 2 saturated carbocycles. The van der Waals surface area contributed by atoms with Crippen molar-refractivity contribution in [3.63, 3.8) is 0 Å². The van der Waals surface area contributed by atoms with Crippen LogP contribution in [0.5, 0.6) is 0 Å². The first kappa shape index (κ1) is 11.9. The summed E-state index contributed by atoms with van der Waals surface area (Å²) in [7, 11) is 0. The van der Waals surface area contributed by atoms with Crippen molar-refractivity contribution in [1.29, 1.82) is 0 Å². The number of tetrazole rings is 1. The third-order valence-electron chi connectivity index (χ3n) is 4.87. The molecule has 2 N–H and O–H groups in total. The molecule has 0 spiro atoms. The van der Waals surface area contributed by atoms with Gasteiger partial charge in [0.05, 0.1) is 6.54 Å². The Morgan fingerprint density at radius 1 is 1.35 bits per heavy atom. The molecule has 2 aliphatic rings. The van der Waals surface area contributed by atoms with Gasteiger partial charge < -0.3 is 5.73 Å². The molecule has 20 heavy (non-hydrogen) atoms. The van der Waals surface area contributed by atoms with Crippen molar-refractivity contribution in [2.24, 2.45) is 11.3 Å². The van der Waals surface area contributed by atoms with Crippen LogP contribution in [-0.2, 0) is 6.54 Å². The molecule has 1 heterocycles. The number of aryl methyl sites for hydroxylation is 1. The molecule has 0 radical (unpaired) electrons. The number of hydrogen-bond acceptors (Lipinski definition) is 4. The zero-order chi connectivity index (χ0) is 13.7. The molecule has 1 aromatic heterocycles. The SMILES string of the molecule is Cc1ccc(-c2nnnn2CC2(C3CC3)CC2)cc1N. The van der Waals surface area contributed by atoms with Crippen LogP contribution in [0.3, 0.4) is 0 Å². The van der Waals surface area contributed by atoms with Crippen LogP contribution < -0.4 is 5.73 Å². The standard InChI is InChI=1S/C15H19N5/c1-10-2-3-11(8-13(10)16)14-17-18-19-20(14)9-15(6-7-15)12-4-5-12/h2-3,8,12H,4-7,9,16H2,1H3. The van der Waals surface area contributed by atoms with Gasteiger partial charge in [-0.3, -0.25) is 0 Å². The van der Waals surface area contributed by atoms with Crippen LogP contribution in [-0.4, -0.2) is 20.2 Å². The monoisotopic (exact) mass is 269 g/mol. The molecular formula is C15H19N5. The van der Waals surface area contributed by atoms with Crippen molar-refractivity contribution in [2.45, 2.75) is 39.2 Å². The highest BCUT2D eigenvalue weighted by molar-refractivity contribution is 5.63. The maximum atomic E-state index is 6.00. The first-order valence-electron chi connectivity index (χ1n) is 7.31. The topological polar surface area (TPSA) is 69.6 Å². The Morgan fingerprint density at radius 2 is 2.15 bits per heavy atom. The summed E-state index contributed by atoms with van der Waals surface area (Å²) in [4.78, 5) is 0. The minimum atomic E-state index is 0.486. The number of hydrogen-bond donors (Lipinski definition) is 1. The summed E-state index contributed by atoms with van der Waals surface area (Å²) < 4.78 is 1.97.